The minimum atomic E-state index is -0.244. The lowest BCUT2D eigenvalue weighted by atomic mass is 9.74. The maximum atomic E-state index is 13.1. The first-order chi connectivity index (χ1) is 13.2. The summed E-state index contributed by atoms with van der Waals surface area (Å²) in [6, 6.07) is 16.7. The van der Waals surface area contributed by atoms with Crippen LogP contribution >= 0.6 is 0 Å². The highest BCUT2D eigenvalue weighted by Gasteiger charge is 2.51. The molecule has 4 aliphatic rings. The highest BCUT2D eigenvalue weighted by molar-refractivity contribution is 6.05. The molecule has 6 rings (SSSR count). The molecule has 0 atom stereocenters. The third-order valence-electron chi connectivity index (χ3n) is 5.56. The number of hydrogen-bond acceptors (Lipinski definition) is 5. The molecule has 0 saturated carbocycles. The van der Waals surface area contributed by atoms with Gasteiger partial charge in [0.05, 0.1) is 37.3 Å². The van der Waals surface area contributed by atoms with Crippen LogP contribution in [0.15, 0.2) is 64.8 Å². The van der Waals surface area contributed by atoms with Gasteiger partial charge in [-0.1, -0.05) is 42.5 Å². The highest BCUT2D eigenvalue weighted by Crippen LogP contribution is 2.38. The van der Waals surface area contributed by atoms with Crippen LogP contribution in [0.3, 0.4) is 0 Å². The van der Waals surface area contributed by atoms with E-state index in [1.807, 2.05) is 6.07 Å². The summed E-state index contributed by atoms with van der Waals surface area (Å²) in [5.74, 6) is -0.244. The monoisotopic (exact) mass is 363 g/mol. The van der Waals surface area contributed by atoms with Crippen molar-refractivity contribution < 1.29 is 4.39 Å². The Balaban J connectivity index is 1.51. The van der Waals surface area contributed by atoms with Crippen molar-refractivity contribution in [2.45, 2.75) is 0 Å². The van der Waals surface area contributed by atoms with Crippen LogP contribution in [-0.4, -0.2) is 66.3 Å². The molecule has 2 aromatic carbocycles. The smallest absolute Gasteiger partial charge is 0.123 e. The van der Waals surface area contributed by atoms with Gasteiger partial charge in [0.25, 0.3) is 0 Å². The molecule has 0 N–H and O–H groups in total. The lowest BCUT2D eigenvalue weighted by Crippen LogP contribution is -2.74. The van der Waals surface area contributed by atoms with Crippen LogP contribution in [0, 0.1) is 11.2 Å². The molecule has 0 spiro atoms. The Labute approximate surface area is 158 Å². The van der Waals surface area contributed by atoms with Gasteiger partial charge in [-0.05, 0) is 23.3 Å². The molecule has 0 unspecified atom stereocenters. The molecule has 6 heteroatoms. The van der Waals surface area contributed by atoms with Gasteiger partial charge < -0.3 is 0 Å². The van der Waals surface area contributed by atoms with E-state index in [1.54, 1.807) is 18.3 Å². The Morgan fingerprint density at radius 2 is 1.44 bits per heavy atom. The lowest BCUT2D eigenvalue weighted by Gasteiger charge is -2.60. The van der Waals surface area contributed by atoms with Gasteiger partial charge in [-0.25, -0.2) is 4.39 Å². The number of benzene rings is 2. The molecule has 4 aliphatic heterocycles. The number of hydrogen-bond donors (Lipinski definition) is 0. The average Bonchev–Trinajstić information content (AvgIpc) is 2.66. The van der Waals surface area contributed by atoms with Crippen molar-refractivity contribution in [2.24, 2.45) is 15.6 Å². The Hall–Kier alpha value is -2.41. The van der Waals surface area contributed by atoms with E-state index in [9.17, 15) is 4.39 Å². The lowest BCUT2D eigenvalue weighted by molar-refractivity contribution is -0.149. The molecular weight excluding hydrogens is 341 g/mol. The van der Waals surface area contributed by atoms with Gasteiger partial charge >= 0.3 is 0 Å². The van der Waals surface area contributed by atoms with Gasteiger partial charge in [0.15, 0.2) is 0 Å². The standard InChI is InChI=1S/C21H22FN5/c22-19-8-6-17(7-9-19)10-23-24-20(18-4-2-1-3-5-18)21-11-25-14-26(12-21)16-27(13-21)15-25/h1-10H,11-16H2/b23-10+,24-20+. The van der Waals surface area contributed by atoms with E-state index in [1.165, 1.54) is 12.1 Å². The van der Waals surface area contributed by atoms with Crippen LogP contribution in [0.5, 0.6) is 0 Å². The molecule has 0 aliphatic carbocycles. The maximum absolute atomic E-state index is 13.1. The van der Waals surface area contributed by atoms with Crippen molar-refractivity contribution in [3.63, 3.8) is 0 Å². The molecule has 4 bridgehead atoms. The number of halogens is 1. The predicted octanol–water partition coefficient (Wildman–Crippen LogP) is 2.45. The van der Waals surface area contributed by atoms with Crippen molar-refractivity contribution in [3.8, 4) is 0 Å². The Bertz CT molecular complexity index is 840. The molecule has 0 amide bonds. The van der Waals surface area contributed by atoms with Gasteiger partial charge in [0.2, 0.25) is 0 Å². The van der Waals surface area contributed by atoms with E-state index in [0.717, 1.165) is 56.5 Å². The number of nitrogens with zero attached hydrogens (tertiary/aromatic N) is 5. The molecule has 5 nitrogen and oxygen atoms in total. The van der Waals surface area contributed by atoms with Crippen molar-refractivity contribution in [3.05, 3.63) is 71.5 Å². The first-order valence-electron chi connectivity index (χ1n) is 9.30. The fourth-order valence-corrected chi connectivity index (χ4v) is 4.71. The zero-order chi connectivity index (χ0) is 18.3. The fourth-order valence-electron chi connectivity index (χ4n) is 4.71. The maximum Gasteiger partial charge on any atom is 0.123 e. The SMILES string of the molecule is Fc1ccc(/C=N/N=C(\c2ccccc2)C23CN4CN(CN(C4)C2)C3)cc1. The average molecular weight is 363 g/mol. The second-order valence-electron chi connectivity index (χ2n) is 7.80. The van der Waals surface area contributed by atoms with Crippen LogP contribution < -0.4 is 0 Å². The minimum absolute atomic E-state index is 0.0315. The van der Waals surface area contributed by atoms with Gasteiger partial charge in [-0.2, -0.15) is 10.2 Å². The molecule has 2 aromatic rings. The molecule has 4 fully saturated rings. The second-order valence-corrected chi connectivity index (χ2v) is 7.80. The van der Waals surface area contributed by atoms with Gasteiger partial charge in [0, 0.05) is 19.6 Å². The summed E-state index contributed by atoms with van der Waals surface area (Å²) in [4.78, 5) is 7.45. The molecule has 0 aromatic heterocycles. The van der Waals surface area contributed by atoms with Crippen molar-refractivity contribution in [1.82, 2.24) is 14.7 Å². The fraction of sp³-hybridized carbons (Fsp3) is 0.333. The van der Waals surface area contributed by atoms with Crippen molar-refractivity contribution >= 4 is 11.9 Å². The van der Waals surface area contributed by atoms with E-state index in [0.29, 0.717) is 0 Å². The predicted molar refractivity (Wildman–Crippen MR) is 104 cm³/mol. The summed E-state index contributed by atoms with van der Waals surface area (Å²) < 4.78 is 13.1. The first kappa shape index (κ1) is 16.7. The van der Waals surface area contributed by atoms with Gasteiger partial charge in [0.1, 0.15) is 5.82 Å². The highest BCUT2D eigenvalue weighted by atomic mass is 19.1. The largest absolute Gasteiger partial charge is 0.276 e. The van der Waals surface area contributed by atoms with Crippen LogP contribution in [0.1, 0.15) is 11.1 Å². The number of rotatable bonds is 4. The van der Waals surface area contributed by atoms with Crippen molar-refractivity contribution in [2.75, 3.05) is 39.6 Å². The van der Waals surface area contributed by atoms with E-state index in [-0.39, 0.29) is 11.2 Å². The summed E-state index contributed by atoms with van der Waals surface area (Å²) in [6.45, 7) is 6.16. The minimum Gasteiger partial charge on any atom is -0.276 e. The molecule has 0 radical (unpaired) electrons. The van der Waals surface area contributed by atoms with E-state index in [4.69, 9.17) is 5.10 Å². The van der Waals surface area contributed by atoms with Crippen LogP contribution in [0.4, 0.5) is 4.39 Å². The zero-order valence-corrected chi connectivity index (χ0v) is 15.1. The van der Waals surface area contributed by atoms with Gasteiger partial charge in [-0.3, -0.25) is 14.7 Å². The second kappa shape index (κ2) is 6.64. The Morgan fingerprint density at radius 1 is 0.852 bits per heavy atom. The normalized spacial score (nSPS) is 32.3. The Morgan fingerprint density at radius 3 is 2.04 bits per heavy atom. The van der Waals surface area contributed by atoms with Crippen LogP contribution in [0.2, 0.25) is 0 Å². The van der Waals surface area contributed by atoms with Crippen LogP contribution in [-0.2, 0) is 0 Å². The van der Waals surface area contributed by atoms with Crippen molar-refractivity contribution in [1.29, 1.82) is 0 Å². The zero-order valence-electron chi connectivity index (χ0n) is 15.1. The molecule has 4 heterocycles. The summed E-state index contributed by atoms with van der Waals surface area (Å²) in [7, 11) is 0. The summed E-state index contributed by atoms with van der Waals surface area (Å²) in [5, 5.41) is 9.10. The summed E-state index contributed by atoms with van der Waals surface area (Å²) in [6.07, 6.45) is 1.70. The van der Waals surface area contributed by atoms with E-state index >= 15 is 0 Å². The van der Waals surface area contributed by atoms with Gasteiger partial charge in [-0.15, -0.1) is 0 Å². The summed E-state index contributed by atoms with van der Waals surface area (Å²) in [5.41, 5.74) is 2.98. The summed E-state index contributed by atoms with van der Waals surface area (Å²) >= 11 is 0. The topological polar surface area (TPSA) is 34.4 Å². The quantitative estimate of drug-likeness (QED) is 0.618. The van der Waals surface area contributed by atoms with Crippen LogP contribution in [0.25, 0.3) is 0 Å². The molecule has 138 valence electrons. The molecular formula is C21H22FN5. The molecule has 4 saturated heterocycles. The molecule has 27 heavy (non-hydrogen) atoms. The van der Waals surface area contributed by atoms with E-state index in [2.05, 4.69) is 44.1 Å². The first-order valence-corrected chi connectivity index (χ1v) is 9.30. The Kier molecular flexibility index (Phi) is 4.11. The van der Waals surface area contributed by atoms with E-state index < -0.39 is 0 Å². The third-order valence-corrected chi connectivity index (χ3v) is 5.56. The third kappa shape index (κ3) is 3.20.